The number of likely N-dealkylation sites (tertiary alicyclic amines) is 1. The van der Waals surface area contributed by atoms with E-state index in [2.05, 4.69) is 16.8 Å². The highest BCUT2D eigenvalue weighted by Crippen LogP contribution is 2.34. The predicted octanol–water partition coefficient (Wildman–Crippen LogP) is 4.45. The van der Waals surface area contributed by atoms with Crippen molar-refractivity contribution in [2.75, 3.05) is 13.1 Å². The maximum absolute atomic E-state index is 12.8. The fourth-order valence-electron chi connectivity index (χ4n) is 3.28. The van der Waals surface area contributed by atoms with Gasteiger partial charge in [-0.15, -0.1) is 17.9 Å². The van der Waals surface area contributed by atoms with E-state index in [4.69, 9.17) is 0 Å². The monoisotopic (exact) mass is 395 g/mol. The molecule has 0 aliphatic carbocycles. The summed E-state index contributed by atoms with van der Waals surface area (Å²) in [5, 5.41) is 19.5. The number of hydrogen-bond donors (Lipinski definition) is 2. The summed E-state index contributed by atoms with van der Waals surface area (Å²) in [6, 6.07) is 11.6. The van der Waals surface area contributed by atoms with E-state index >= 15 is 0 Å². The lowest BCUT2D eigenvalue weighted by molar-refractivity contribution is -0.0211. The molecule has 6 heteroatoms. The summed E-state index contributed by atoms with van der Waals surface area (Å²) >= 11 is 1.54. The average molecular weight is 396 g/mol. The van der Waals surface area contributed by atoms with Gasteiger partial charge in [-0.25, -0.2) is 0 Å². The fourth-order valence-corrected chi connectivity index (χ4v) is 4.15. The number of allylic oxidation sites excluding steroid dienone is 1. The molecule has 28 heavy (non-hydrogen) atoms. The summed E-state index contributed by atoms with van der Waals surface area (Å²) in [6.07, 6.45) is 6.44. The number of aromatic amines is 1. The quantitative estimate of drug-likeness (QED) is 0.644. The van der Waals surface area contributed by atoms with Crippen LogP contribution in [0, 0.1) is 0 Å². The van der Waals surface area contributed by atoms with Crippen LogP contribution in [0.5, 0.6) is 0 Å². The number of piperidine rings is 1. The fraction of sp³-hybridized carbons (Fsp3) is 0.273. The second-order valence-electron chi connectivity index (χ2n) is 6.78. The molecule has 1 amide bonds. The van der Waals surface area contributed by atoms with Gasteiger partial charge in [-0.3, -0.25) is 9.89 Å². The molecule has 0 spiro atoms. The molecule has 0 unspecified atom stereocenters. The lowest BCUT2D eigenvalue weighted by atomic mass is 9.84. The van der Waals surface area contributed by atoms with Crippen LogP contribution in [-0.2, 0) is 5.60 Å². The molecule has 5 nitrogen and oxygen atoms in total. The van der Waals surface area contributed by atoms with Crippen LogP contribution in [0.1, 0.15) is 35.7 Å². The Bertz CT molecular complexity index is 895. The Balaban J connectivity index is 0.000000706. The number of nitrogens with one attached hydrogen (secondary N) is 1. The van der Waals surface area contributed by atoms with Gasteiger partial charge in [0.1, 0.15) is 0 Å². The summed E-state index contributed by atoms with van der Waals surface area (Å²) in [5.74, 6) is 0.0288. The number of carbonyl (C=O) groups excluding carboxylic acids is 1. The molecule has 1 aliphatic heterocycles. The van der Waals surface area contributed by atoms with Gasteiger partial charge in [0.25, 0.3) is 5.91 Å². The van der Waals surface area contributed by atoms with E-state index < -0.39 is 5.60 Å². The number of aromatic nitrogens is 2. The third kappa shape index (κ3) is 4.40. The molecule has 4 rings (SSSR count). The number of nitrogens with zero attached hydrogens (tertiary/aromatic N) is 2. The number of amides is 1. The zero-order chi connectivity index (χ0) is 20.0. The molecule has 3 heterocycles. The Labute approximate surface area is 169 Å². The summed E-state index contributed by atoms with van der Waals surface area (Å²) < 4.78 is 0. The van der Waals surface area contributed by atoms with Crippen LogP contribution in [0.3, 0.4) is 0 Å². The largest absolute Gasteiger partial charge is 0.385 e. The molecule has 0 radical (unpaired) electrons. The first-order valence-corrected chi connectivity index (χ1v) is 10.2. The van der Waals surface area contributed by atoms with Crippen LogP contribution < -0.4 is 0 Å². The smallest absolute Gasteiger partial charge is 0.254 e. The molecule has 0 atom stereocenters. The van der Waals surface area contributed by atoms with Crippen molar-refractivity contribution in [3.63, 3.8) is 0 Å². The van der Waals surface area contributed by atoms with E-state index in [0.717, 1.165) is 16.0 Å². The minimum Gasteiger partial charge on any atom is -0.385 e. The Morgan fingerprint density at radius 3 is 2.61 bits per heavy atom. The normalized spacial score (nSPS) is 15.4. The standard InChI is InChI=1S/C19H19N3O2S.C3H6/c23-18(14-10-17(25-13-14)15-11-20-21-12-15)22-8-6-19(24,7-9-22)16-4-2-1-3-5-16;1-3-2/h1-5,10-13,24H,6-9H2,(H,20,21);3H,1H2,2H3. The van der Waals surface area contributed by atoms with E-state index in [1.165, 1.54) is 11.3 Å². The van der Waals surface area contributed by atoms with Crippen molar-refractivity contribution < 1.29 is 9.90 Å². The topological polar surface area (TPSA) is 69.2 Å². The molecule has 0 saturated carbocycles. The van der Waals surface area contributed by atoms with Crippen molar-refractivity contribution in [2.45, 2.75) is 25.4 Å². The van der Waals surface area contributed by atoms with Crippen molar-refractivity contribution in [1.29, 1.82) is 0 Å². The van der Waals surface area contributed by atoms with Crippen molar-refractivity contribution in [1.82, 2.24) is 15.1 Å². The number of carbonyl (C=O) groups is 1. The number of H-pyrrole nitrogens is 1. The van der Waals surface area contributed by atoms with Crippen molar-refractivity contribution in [2.24, 2.45) is 0 Å². The molecule has 3 aromatic rings. The molecule has 2 N–H and O–H groups in total. The molecular weight excluding hydrogens is 370 g/mol. The SMILES string of the molecule is C=CC.O=C(c1csc(-c2cn[nH]c2)c1)N1CCC(O)(c2ccccc2)CC1. The third-order valence-electron chi connectivity index (χ3n) is 4.82. The van der Waals surface area contributed by atoms with Crippen molar-refractivity contribution in [3.8, 4) is 10.4 Å². The molecule has 1 aliphatic rings. The number of thiophene rings is 1. The van der Waals surface area contributed by atoms with E-state index in [1.807, 2.05) is 59.8 Å². The number of rotatable bonds is 3. The molecule has 0 bridgehead atoms. The Hall–Kier alpha value is -2.70. The van der Waals surface area contributed by atoms with Crippen LogP contribution in [0.25, 0.3) is 10.4 Å². The zero-order valence-electron chi connectivity index (χ0n) is 16.0. The molecular formula is C22H25N3O2S. The predicted molar refractivity (Wildman–Crippen MR) is 113 cm³/mol. The molecule has 2 aromatic heterocycles. The summed E-state index contributed by atoms with van der Waals surface area (Å²) in [5.41, 5.74) is 1.78. The first-order valence-electron chi connectivity index (χ1n) is 9.29. The second-order valence-corrected chi connectivity index (χ2v) is 7.70. The first-order chi connectivity index (χ1) is 13.6. The van der Waals surface area contributed by atoms with Crippen molar-refractivity contribution >= 4 is 17.2 Å². The van der Waals surface area contributed by atoms with Gasteiger partial charge in [-0.2, -0.15) is 5.10 Å². The minimum atomic E-state index is -0.839. The number of hydrogen-bond acceptors (Lipinski definition) is 4. The van der Waals surface area contributed by atoms with Gasteiger partial charge in [0, 0.05) is 35.1 Å². The van der Waals surface area contributed by atoms with Gasteiger partial charge >= 0.3 is 0 Å². The second kappa shape index (κ2) is 8.99. The van der Waals surface area contributed by atoms with Gasteiger partial charge in [0.05, 0.1) is 17.4 Å². The molecule has 1 aromatic carbocycles. The van der Waals surface area contributed by atoms with Gasteiger partial charge < -0.3 is 10.0 Å². The van der Waals surface area contributed by atoms with Crippen LogP contribution in [0.15, 0.2) is 66.8 Å². The van der Waals surface area contributed by atoms with Gasteiger partial charge in [0.2, 0.25) is 0 Å². The summed E-state index contributed by atoms with van der Waals surface area (Å²) in [7, 11) is 0. The molecule has 1 fully saturated rings. The van der Waals surface area contributed by atoms with E-state index in [0.29, 0.717) is 31.5 Å². The maximum Gasteiger partial charge on any atom is 0.254 e. The lowest BCUT2D eigenvalue weighted by Gasteiger charge is -2.38. The Morgan fingerprint density at radius 2 is 2.00 bits per heavy atom. The van der Waals surface area contributed by atoms with E-state index in [1.54, 1.807) is 12.3 Å². The molecule has 1 saturated heterocycles. The van der Waals surface area contributed by atoms with E-state index in [-0.39, 0.29) is 5.91 Å². The highest BCUT2D eigenvalue weighted by atomic mass is 32.1. The van der Waals surface area contributed by atoms with Crippen LogP contribution >= 0.6 is 11.3 Å². The summed E-state index contributed by atoms with van der Waals surface area (Å²) in [6.45, 7) is 6.36. The highest BCUT2D eigenvalue weighted by molar-refractivity contribution is 7.13. The minimum absolute atomic E-state index is 0.0288. The van der Waals surface area contributed by atoms with Gasteiger partial charge in [0.15, 0.2) is 0 Å². The van der Waals surface area contributed by atoms with E-state index in [9.17, 15) is 9.90 Å². The van der Waals surface area contributed by atoms with Gasteiger partial charge in [-0.05, 0) is 31.4 Å². The highest BCUT2D eigenvalue weighted by Gasteiger charge is 2.35. The van der Waals surface area contributed by atoms with Gasteiger partial charge in [-0.1, -0.05) is 36.4 Å². The lowest BCUT2D eigenvalue weighted by Crippen LogP contribution is -2.45. The summed E-state index contributed by atoms with van der Waals surface area (Å²) in [4.78, 5) is 15.6. The molecule has 146 valence electrons. The zero-order valence-corrected chi connectivity index (χ0v) is 16.8. The Morgan fingerprint density at radius 1 is 1.32 bits per heavy atom. The van der Waals surface area contributed by atoms with Crippen molar-refractivity contribution in [3.05, 3.63) is 78.0 Å². The van der Waals surface area contributed by atoms with Crippen LogP contribution in [0.2, 0.25) is 0 Å². The number of benzene rings is 1. The Kier molecular flexibility index (Phi) is 6.44. The average Bonchev–Trinajstić information content (AvgIpc) is 3.41. The van der Waals surface area contributed by atoms with Crippen LogP contribution in [0.4, 0.5) is 0 Å². The maximum atomic E-state index is 12.8. The number of aliphatic hydroxyl groups is 1. The van der Waals surface area contributed by atoms with Crippen LogP contribution in [-0.4, -0.2) is 39.2 Å². The first kappa shape index (κ1) is 20.0. The third-order valence-corrected chi connectivity index (χ3v) is 5.80.